The summed E-state index contributed by atoms with van der Waals surface area (Å²) >= 11 is 0. The van der Waals surface area contributed by atoms with Crippen LogP contribution in [0.15, 0.2) is 18.7 Å². The SMILES string of the molecule is CCC(C(=O)OC)c1cncnc1. The fraction of sp³-hybridized carbons (Fsp3) is 0.444. The van der Waals surface area contributed by atoms with E-state index in [4.69, 9.17) is 0 Å². The Kier molecular flexibility index (Phi) is 3.37. The van der Waals surface area contributed by atoms with Crippen LogP contribution < -0.4 is 0 Å². The largest absolute Gasteiger partial charge is 0.469 e. The molecule has 1 atom stereocenters. The van der Waals surface area contributed by atoms with Crippen molar-refractivity contribution in [2.45, 2.75) is 19.3 Å². The number of nitrogens with zero attached hydrogens (tertiary/aromatic N) is 2. The Hall–Kier alpha value is -1.45. The van der Waals surface area contributed by atoms with Gasteiger partial charge in [-0.25, -0.2) is 9.97 Å². The van der Waals surface area contributed by atoms with Crippen molar-refractivity contribution in [1.29, 1.82) is 0 Å². The first-order valence-electron chi connectivity index (χ1n) is 4.12. The van der Waals surface area contributed by atoms with Gasteiger partial charge in [0.25, 0.3) is 0 Å². The summed E-state index contributed by atoms with van der Waals surface area (Å²) in [5, 5.41) is 0. The smallest absolute Gasteiger partial charge is 0.313 e. The molecule has 0 fully saturated rings. The van der Waals surface area contributed by atoms with Crippen molar-refractivity contribution in [1.82, 2.24) is 9.97 Å². The molecule has 0 aliphatic rings. The molecule has 0 amide bonds. The average molecular weight is 180 g/mol. The minimum atomic E-state index is -0.244. The van der Waals surface area contributed by atoms with Gasteiger partial charge in [-0.15, -0.1) is 0 Å². The summed E-state index contributed by atoms with van der Waals surface area (Å²) in [6.45, 7) is 1.93. The third-order valence-electron chi connectivity index (χ3n) is 1.88. The molecular weight excluding hydrogens is 168 g/mol. The van der Waals surface area contributed by atoms with Crippen molar-refractivity contribution in [3.8, 4) is 0 Å². The molecule has 4 nitrogen and oxygen atoms in total. The number of carbonyl (C=O) groups excluding carboxylic acids is 1. The van der Waals surface area contributed by atoms with Crippen LogP contribution in [0.1, 0.15) is 24.8 Å². The molecule has 0 spiro atoms. The Balaban J connectivity index is 2.85. The molecule has 4 heteroatoms. The third-order valence-corrected chi connectivity index (χ3v) is 1.88. The summed E-state index contributed by atoms with van der Waals surface area (Å²) in [4.78, 5) is 19.0. The second-order valence-electron chi connectivity index (χ2n) is 2.66. The summed E-state index contributed by atoms with van der Waals surface area (Å²) in [5.74, 6) is -0.483. The van der Waals surface area contributed by atoms with Crippen LogP contribution in [0.25, 0.3) is 0 Å². The van der Waals surface area contributed by atoms with Gasteiger partial charge in [-0.2, -0.15) is 0 Å². The van der Waals surface area contributed by atoms with Crippen molar-refractivity contribution >= 4 is 5.97 Å². The maximum Gasteiger partial charge on any atom is 0.313 e. The van der Waals surface area contributed by atoms with Crippen molar-refractivity contribution < 1.29 is 9.53 Å². The second-order valence-corrected chi connectivity index (χ2v) is 2.66. The van der Waals surface area contributed by atoms with Gasteiger partial charge in [-0.05, 0) is 6.42 Å². The highest BCUT2D eigenvalue weighted by Crippen LogP contribution is 2.18. The molecule has 0 aromatic carbocycles. The Bertz CT molecular complexity index is 274. The highest BCUT2D eigenvalue weighted by Gasteiger charge is 2.19. The Morgan fingerprint density at radius 3 is 2.62 bits per heavy atom. The zero-order valence-electron chi connectivity index (χ0n) is 7.73. The summed E-state index contributed by atoms with van der Waals surface area (Å²) in [5.41, 5.74) is 0.803. The molecule has 0 radical (unpaired) electrons. The zero-order valence-corrected chi connectivity index (χ0v) is 7.73. The van der Waals surface area contributed by atoms with Gasteiger partial charge in [0, 0.05) is 18.0 Å². The second kappa shape index (κ2) is 4.54. The summed E-state index contributed by atoms with van der Waals surface area (Å²) in [6.07, 6.45) is 5.41. The summed E-state index contributed by atoms with van der Waals surface area (Å²) in [6, 6.07) is 0. The van der Waals surface area contributed by atoms with Gasteiger partial charge in [-0.1, -0.05) is 6.92 Å². The molecule has 0 N–H and O–H groups in total. The number of ether oxygens (including phenoxy) is 1. The van der Waals surface area contributed by atoms with Gasteiger partial charge in [0.05, 0.1) is 13.0 Å². The van der Waals surface area contributed by atoms with E-state index in [9.17, 15) is 4.79 Å². The predicted octanol–water partition coefficient (Wildman–Crippen LogP) is 1.14. The van der Waals surface area contributed by atoms with Gasteiger partial charge < -0.3 is 4.74 Å². The normalized spacial score (nSPS) is 12.2. The van der Waals surface area contributed by atoms with Crippen molar-refractivity contribution in [2.75, 3.05) is 7.11 Å². The number of methoxy groups -OCH3 is 1. The number of carbonyl (C=O) groups is 1. The van der Waals surface area contributed by atoms with Crippen LogP contribution >= 0.6 is 0 Å². The van der Waals surface area contributed by atoms with Crippen LogP contribution in [0.4, 0.5) is 0 Å². The maximum absolute atomic E-state index is 11.3. The van der Waals surface area contributed by atoms with Crippen LogP contribution in [0.2, 0.25) is 0 Å². The molecule has 1 aromatic rings. The Morgan fingerprint density at radius 2 is 2.15 bits per heavy atom. The van der Waals surface area contributed by atoms with Crippen LogP contribution in [0.5, 0.6) is 0 Å². The van der Waals surface area contributed by atoms with Crippen LogP contribution in [-0.2, 0) is 9.53 Å². The van der Waals surface area contributed by atoms with Crippen LogP contribution in [0, 0.1) is 0 Å². The number of rotatable bonds is 3. The van der Waals surface area contributed by atoms with Gasteiger partial charge in [-0.3, -0.25) is 4.79 Å². The molecule has 1 rings (SSSR count). The lowest BCUT2D eigenvalue weighted by molar-refractivity contribution is -0.142. The lowest BCUT2D eigenvalue weighted by Gasteiger charge is -2.10. The topological polar surface area (TPSA) is 52.1 Å². The van der Waals surface area contributed by atoms with Gasteiger partial charge in [0.1, 0.15) is 6.33 Å². The highest BCUT2D eigenvalue weighted by molar-refractivity contribution is 5.77. The lowest BCUT2D eigenvalue weighted by Crippen LogP contribution is -2.13. The molecule has 0 bridgehead atoms. The van der Waals surface area contributed by atoms with Gasteiger partial charge in [0.2, 0.25) is 0 Å². The van der Waals surface area contributed by atoms with E-state index >= 15 is 0 Å². The molecule has 13 heavy (non-hydrogen) atoms. The Morgan fingerprint density at radius 1 is 1.54 bits per heavy atom. The number of esters is 1. The molecule has 1 unspecified atom stereocenters. The van der Waals surface area contributed by atoms with Gasteiger partial charge in [0.15, 0.2) is 0 Å². The first kappa shape index (κ1) is 9.64. The maximum atomic E-state index is 11.3. The third kappa shape index (κ3) is 2.24. The molecule has 70 valence electrons. The minimum Gasteiger partial charge on any atom is -0.469 e. The lowest BCUT2D eigenvalue weighted by atomic mass is 10.00. The molecule has 0 aliphatic heterocycles. The first-order valence-corrected chi connectivity index (χ1v) is 4.12. The molecule has 0 saturated heterocycles. The van der Waals surface area contributed by atoms with Crippen LogP contribution in [0.3, 0.4) is 0 Å². The first-order chi connectivity index (χ1) is 6.29. The fourth-order valence-corrected chi connectivity index (χ4v) is 1.17. The van der Waals surface area contributed by atoms with E-state index < -0.39 is 0 Å². The summed E-state index contributed by atoms with van der Waals surface area (Å²) in [7, 11) is 1.38. The molecule has 1 heterocycles. The number of hydrogen-bond donors (Lipinski definition) is 0. The number of hydrogen-bond acceptors (Lipinski definition) is 4. The monoisotopic (exact) mass is 180 g/mol. The molecule has 1 aromatic heterocycles. The van der Waals surface area contributed by atoms with E-state index in [2.05, 4.69) is 14.7 Å². The summed E-state index contributed by atoms with van der Waals surface area (Å²) < 4.78 is 4.66. The zero-order chi connectivity index (χ0) is 9.68. The van der Waals surface area contributed by atoms with E-state index in [0.717, 1.165) is 5.56 Å². The van der Waals surface area contributed by atoms with E-state index in [1.807, 2.05) is 6.92 Å². The van der Waals surface area contributed by atoms with Crippen molar-refractivity contribution in [2.24, 2.45) is 0 Å². The highest BCUT2D eigenvalue weighted by atomic mass is 16.5. The molecule has 0 saturated carbocycles. The van der Waals surface area contributed by atoms with E-state index in [1.54, 1.807) is 12.4 Å². The van der Waals surface area contributed by atoms with Gasteiger partial charge >= 0.3 is 5.97 Å². The average Bonchev–Trinajstić information content (AvgIpc) is 2.20. The predicted molar refractivity (Wildman–Crippen MR) is 47.1 cm³/mol. The molecule has 0 aliphatic carbocycles. The standard InChI is InChI=1S/C9H12N2O2/c1-3-8(9(12)13-2)7-4-10-6-11-5-7/h4-6,8H,3H2,1-2H3. The number of aromatic nitrogens is 2. The van der Waals surface area contributed by atoms with E-state index in [0.29, 0.717) is 6.42 Å². The van der Waals surface area contributed by atoms with Crippen LogP contribution in [-0.4, -0.2) is 23.0 Å². The molecular formula is C9H12N2O2. The Labute approximate surface area is 77.0 Å². The quantitative estimate of drug-likeness (QED) is 0.654. The van der Waals surface area contributed by atoms with Crippen molar-refractivity contribution in [3.05, 3.63) is 24.3 Å². The van der Waals surface area contributed by atoms with E-state index in [-0.39, 0.29) is 11.9 Å². The van der Waals surface area contributed by atoms with Crippen molar-refractivity contribution in [3.63, 3.8) is 0 Å². The van der Waals surface area contributed by atoms with E-state index in [1.165, 1.54) is 13.4 Å². The fourth-order valence-electron chi connectivity index (χ4n) is 1.17. The minimum absolute atomic E-state index is 0.239.